The molecule has 0 radical (unpaired) electrons. The molecule has 136 valence electrons. The van der Waals surface area contributed by atoms with Crippen LogP contribution in [0.1, 0.15) is 19.4 Å². The molecule has 0 fully saturated rings. The van der Waals surface area contributed by atoms with Crippen LogP contribution in [-0.4, -0.2) is 32.7 Å². The molecule has 2 atom stereocenters. The van der Waals surface area contributed by atoms with E-state index in [9.17, 15) is 19.4 Å². The second-order valence-electron chi connectivity index (χ2n) is 5.20. The van der Waals surface area contributed by atoms with E-state index in [1.165, 1.54) is 6.92 Å². The van der Waals surface area contributed by atoms with E-state index in [1.54, 1.807) is 37.3 Å². The molecule has 0 aliphatic carbocycles. The Hall–Kier alpha value is -2.20. The van der Waals surface area contributed by atoms with Crippen LogP contribution in [0.2, 0.25) is 0 Å². The minimum absolute atomic E-state index is 0.0190. The number of benzene rings is 1. The standard InChI is InChI=1S/C16H21N2O6P/c1-5-24-15(20)13(14(19)18-25(21,22-3)23-4)16(2,11-17)12-9-7-6-8-10-12/h6-10,13H,5H2,1-4H3,(H,18,19,21). The number of hydrogen-bond acceptors (Lipinski definition) is 7. The lowest BCUT2D eigenvalue weighted by atomic mass is 9.72. The van der Waals surface area contributed by atoms with Crippen LogP contribution < -0.4 is 5.09 Å². The summed E-state index contributed by atoms with van der Waals surface area (Å²) in [5.41, 5.74) is -1.11. The molecule has 0 aromatic heterocycles. The maximum atomic E-state index is 12.7. The maximum Gasteiger partial charge on any atom is 0.434 e. The van der Waals surface area contributed by atoms with Crippen molar-refractivity contribution in [2.75, 3.05) is 20.8 Å². The Balaban J connectivity index is 3.38. The van der Waals surface area contributed by atoms with Gasteiger partial charge in [-0.15, -0.1) is 0 Å². The molecule has 0 aliphatic rings. The van der Waals surface area contributed by atoms with Crippen LogP contribution in [0.25, 0.3) is 0 Å². The monoisotopic (exact) mass is 368 g/mol. The molecule has 1 aromatic carbocycles. The van der Waals surface area contributed by atoms with Gasteiger partial charge in [0.05, 0.1) is 12.7 Å². The van der Waals surface area contributed by atoms with Crippen molar-refractivity contribution >= 4 is 19.6 Å². The lowest BCUT2D eigenvalue weighted by Crippen LogP contribution is -2.47. The van der Waals surface area contributed by atoms with Crippen LogP contribution >= 0.6 is 7.75 Å². The van der Waals surface area contributed by atoms with Crippen molar-refractivity contribution in [1.82, 2.24) is 5.09 Å². The molecule has 1 rings (SSSR count). The number of carbonyl (C=O) groups excluding carboxylic acids is 2. The highest BCUT2D eigenvalue weighted by Crippen LogP contribution is 2.43. The first kappa shape index (κ1) is 20.8. The third-order valence-corrected chi connectivity index (χ3v) is 5.15. The van der Waals surface area contributed by atoms with Crippen molar-refractivity contribution in [3.05, 3.63) is 35.9 Å². The molecule has 0 bridgehead atoms. The molecule has 0 aliphatic heterocycles. The average molecular weight is 368 g/mol. The van der Waals surface area contributed by atoms with Crippen LogP contribution in [0, 0.1) is 17.2 Å². The largest absolute Gasteiger partial charge is 0.465 e. The van der Waals surface area contributed by atoms with Crippen LogP contribution in [0.4, 0.5) is 0 Å². The summed E-state index contributed by atoms with van der Waals surface area (Å²) < 4.78 is 26.5. The van der Waals surface area contributed by atoms with Crippen molar-refractivity contribution in [3.63, 3.8) is 0 Å². The van der Waals surface area contributed by atoms with Crippen LogP contribution in [0.15, 0.2) is 30.3 Å². The normalized spacial score (nSPS) is 14.7. The molecule has 25 heavy (non-hydrogen) atoms. The number of rotatable bonds is 8. The highest BCUT2D eigenvalue weighted by molar-refractivity contribution is 7.52. The van der Waals surface area contributed by atoms with E-state index < -0.39 is 31.0 Å². The van der Waals surface area contributed by atoms with Crippen molar-refractivity contribution in [3.8, 4) is 6.07 Å². The molecule has 0 saturated carbocycles. The number of hydrogen-bond donors (Lipinski definition) is 1. The van der Waals surface area contributed by atoms with Gasteiger partial charge in [0.2, 0.25) is 5.91 Å². The first-order valence-electron chi connectivity index (χ1n) is 7.45. The van der Waals surface area contributed by atoms with Crippen molar-refractivity contribution < 1.29 is 27.9 Å². The fourth-order valence-electron chi connectivity index (χ4n) is 2.28. The van der Waals surface area contributed by atoms with Crippen LogP contribution in [-0.2, 0) is 33.4 Å². The number of carbonyl (C=O) groups is 2. The molecular formula is C16H21N2O6P. The second kappa shape index (κ2) is 8.77. The zero-order chi connectivity index (χ0) is 19.1. The Kier molecular flexibility index (Phi) is 7.31. The van der Waals surface area contributed by atoms with Gasteiger partial charge < -0.3 is 4.74 Å². The quantitative estimate of drug-likeness (QED) is 0.425. The third kappa shape index (κ3) is 4.67. The van der Waals surface area contributed by atoms with Gasteiger partial charge in [0.25, 0.3) is 0 Å². The number of nitrogens with one attached hydrogen (secondary N) is 1. The first-order valence-corrected chi connectivity index (χ1v) is 8.99. The molecule has 1 N–H and O–H groups in total. The van der Waals surface area contributed by atoms with E-state index in [0.717, 1.165) is 14.2 Å². The number of nitrogens with zero attached hydrogens (tertiary/aromatic N) is 1. The van der Waals surface area contributed by atoms with Gasteiger partial charge in [0, 0.05) is 14.2 Å². The first-order chi connectivity index (χ1) is 11.8. The van der Waals surface area contributed by atoms with Gasteiger partial charge in [-0.05, 0) is 19.4 Å². The third-order valence-electron chi connectivity index (χ3n) is 3.70. The Labute approximate surface area is 146 Å². The van der Waals surface area contributed by atoms with Gasteiger partial charge in [-0.2, -0.15) is 5.26 Å². The van der Waals surface area contributed by atoms with Crippen LogP contribution in [0.5, 0.6) is 0 Å². The fourth-order valence-corrected chi connectivity index (χ4v) is 3.01. The minimum Gasteiger partial charge on any atom is -0.465 e. The highest BCUT2D eigenvalue weighted by Gasteiger charge is 2.48. The van der Waals surface area contributed by atoms with Gasteiger partial charge in [0.15, 0.2) is 5.92 Å². The van der Waals surface area contributed by atoms with Crippen molar-refractivity contribution in [2.24, 2.45) is 5.92 Å². The summed E-state index contributed by atoms with van der Waals surface area (Å²) in [6.45, 7) is 3.04. The minimum atomic E-state index is -3.94. The number of amides is 1. The van der Waals surface area contributed by atoms with Gasteiger partial charge in [-0.3, -0.25) is 23.7 Å². The summed E-state index contributed by atoms with van der Waals surface area (Å²) >= 11 is 0. The second-order valence-corrected chi connectivity index (χ2v) is 7.15. The summed E-state index contributed by atoms with van der Waals surface area (Å²) in [7, 11) is -1.76. The predicted molar refractivity (Wildman–Crippen MR) is 89.3 cm³/mol. The van der Waals surface area contributed by atoms with Crippen molar-refractivity contribution in [1.29, 1.82) is 5.26 Å². The highest BCUT2D eigenvalue weighted by atomic mass is 31.2. The average Bonchev–Trinajstić information content (AvgIpc) is 2.62. The summed E-state index contributed by atoms with van der Waals surface area (Å²) in [4.78, 5) is 25.1. The molecule has 8 nitrogen and oxygen atoms in total. The summed E-state index contributed by atoms with van der Waals surface area (Å²) in [5.74, 6) is -3.47. The molecular weight excluding hydrogens is 347 g/mol. The number of nitriles is 1. The smallest absolute Gasteiger partial charge is 0.434 e. The summed E-state index contributed by atoms with van der Waals surface area (Å²) in [6, 6.07) is 10.3. The maximum absolute atomic E-state index is 12.7. The molecule has 9 heteroatoms. The predicted octanol–water partition coefficient (Wildman–Crippen LogP) is 2.16. The Morgan fingerprint density at radius 1 is 1.28 bits per heavy atom. The summed E-state index contributed by atoms with van der Waals surface area (Å²) in [5, 5.41) is 11.8. The lowest BCUT2D eigenvalue weighted by molar-refractivity contribution is -0.153. The molecule has 2 unspecified atom stereocenters. The fraction of sp³-hybridized carbons (Fsp3) is 0.438. The summed E-state index contributed by atoms with van der Waals surface area (Å²) in [6.07, 6.45) is 0. The lowest BCUT2D eigenvalue weighted by Gasteiger charge is -2.30. The zero-order valence-electron chi connectivity index (χ0n) is 14.5. The van der Waals surface area contributed by atoms with Gasteiger partial charge in [-0.1, -0.05) is 30.3 Å². The van der Waals surface area contributed by atoms with E-state index in [0.29, 0.717) is 5.56 Å². The van der Waals surface area contributed by atoms with E-state index in [4.69, 9.17) is 4.74 Å². The Morgan fingerprint density at radius 2 is 1.84 bits per heavy atom. The molecule has 0 spiro atoms. The van der Waals surface area contributed by atoms with E-state index in [2.05, 4.69) is 14.1 Å². The number of ether oxygens (including phenoxy) is 1. The van der Waals surface area contributed by atoms with Crippen LogP contribution in [0.3, 0.4) is 0 Å². The topological polar surface area (TPSA) is 115 Å². The SMILES string of the molecule is CCOC(=O)C(C(=O)NP(=O)(OC)OC)C(C)(C#N)c1ccccc1. The van der Waals surface area contributed by atoms with Crippen molar-refractivity contribution in [2.45, 2.75) is 19.3 Å². The number of esters is 1. The van der Waals surface area contributed by atoms with Gasteiger partial charge >= 0.3 is 13.7 Å². The Morgan fingerprint density at radius 3 is 2.28 bits per heavy atom. The van der Waals surface area contributed by atoms with Gasteiger partial charge in [0.1, 0.15) is 5.41 Å². The molecule has 1 aromatic rings. The van der Waals surface area contributed by atoms with E-state index in [-0.39, 0.29) is 6.61 Å². The zero-order valence-corrected chi connectivity index (χ0v) is 15.4. The molecule has 0 heterocycles. The van der Waals surface area contributed by atoms with E-state index >= 15 is 0 Å². The van der Waals surface area contributed by atoms with Gasteiger partial charge in [-0.25, -0.2) is 4.57 Å². The molecule has 0 saturated heterocycles. The van der Waals surface area contributed by atoms with E-state index in [1.807, 2.05) is 6.07 Å². The Bertz CT molecular complexity index is 694. The molecule has 1 amide bonds.